The third-order valence-electron chi connectivity index (χ3n) is 4.54. The molecular weight excluding hydrogens is 244 g/mol. The summed E-state index contributed by atoms with van der Waals surface area (Å²) in [5.41, 5.74) is 2.88. The fourth-order valence-corrected chi connectivity index (χ4v) is 3.13. The molecule has 1 aliphatic rings. The van der Waals surface area contributed by atoms with Crippen LogP contribution in [0.25, 0.3) is 0 Å². The van der Waals surface area contributed by atoms with Gasteiger partial charge < -0.3 is 10.2 Å². The normalized spacial score (nSPS) is 19.1. The van der Waals surface area contributed by atoms with E-state index in [2.05, 4.69) is 55.3 Å². The quantitative estimate of drug-likeness (QED) is 0.849. The topological polar surface area (TPSA) is 15.3 Å². The zero-order chi connectivity index (χ0) is 14.4. The largest absolute Gasteiger partial charge is 0.307 e. The third-order valence-corrected chi connectivity index (χ3v) is 4.54. The van der Waals surface area contributed by atoms with Gasteiger partial charge in [-0.05, 0) is 56.9 Å². The van der Waals surface area contributed by atoms with Crippen LogP contribution in [-0.4, -0.2) is 30.6 Å². The summed E-state index contributed by atoms with van der Waals surface area (Å²) in [7, 11) is 0. The summed E-state index contributed by atoms with van der Waals surface area (Å²) in [4.78, 5) is 2.54. The minimum absolute atomic E-state index is 0.462. The lowest BCUT2D eigenvalue weighted by molar-refractivity contribution is 0.200. The summed E-state index contributed by atoms with van der Waals surface area (Å²) in [5.74, 6) is 0. The average molecular weight is 274 g/mol. The molecule has 1 saturated heterocycles. The summed E-state index contributed by atoms with van der Waals surface area (Å²) in [5, 5.41) is 3.80. The minimum atomic E-state index is 0.462. The van der Waals surface area contributed by atoms with Crippen LogP contribution in [0, 0.1) is 0 Å². The van der Waals surface area contributed by atoms with Gasteiger partial charge in [-0.25, -0.2) is 0 Å². The van der Waals surface area contributed by atoms with Crippen molar-refractivity contribution >= 4 is 0 Å². The fraction of sp³-hybridized carbons (Fsp3) is 0.667. The van der Waals surface area contributed by atoms with Crippen molar-refractivity contribution < 1.29 is 0 Å². The second-order valence-electron chi connectivity index (χ2n) is 6.09. The molecule has 2 nitrogen and oxygen atoms in total. The van der Waals surface area contributed by atoms with Gasteiger partial charge in [-0.2, -0.15) is 0 Å². The van der Waals surface area contributed by atoms with Crippen LogP contribution in [0.15, 0.2) is 24.3 Å². The lowest BCUT2D eigenvalue weighted by atomic mass is 10.00. The summed E-state index contributed by atoms with van der Waals surface area (Å²) in [6, 6.07) is 10.3. The number of hydrogen-bond acceptors (Lipinski definition) is 2. The van der Waals surface area contributed by atoms with Crippen LogP contribution in [0.2, 0.25) is 0 Å². The zero-order valence-electron chi connectivity index (χ0n) is 13.4. The molecule has 0 aliphatic carbocycles. The molecule has 2 heteroatoms. The van der Waals surface area contributed by atoms with E-state index in [1.54, 1.807) is 0 Å². The van der Waals surface area contributed by atoms with E-state index in [0.717, 1.165) is 0 Å². The highest BCUT2D eigenvalue weighted by molar-refractivity contribution is 5.24. The molecule has 1 fully saturated rings. The van der Waals surface area contributed by atoms with Gasteiger partial charge in [0.05, 0.1) is 0 Å². The summed E-state index contributed by atoms with van der Waals surface area (Å²) >= 11 is 0. The standard InChI is InChI=1S/C18H30N2/c1-4-6-16-7-9-17(10-8-16)15(3)19-18-11-13-20(5-2)14-12-18/h7-10,15,18-19H,4-6,11-14H2,1-3H3. The fourth-order valence-electron chi connectivity index (χ4n) is 3.13. The maximum absolute atomic E-state index is 3.80. The Kier molecular flexibility index (Phi) is 6.06. The molecule has 1 heterocycles. The molecule has 1 N–H and O–H groups in total. The summed E-state index contributed by atoms with van der Waals surface area (Å²) < 4.78 is 0. The first-order valence-corrected chi connectivity index (χ1v) is 8.30. The molecule has 1 unspecified atom stereocenters. The van der Waals surface area contributed by atoms with Crippen LogP contribution in [0.5, 0.6) is 0 Å². The Hall–Kier alpha value is -0.860. The van der Waals surface area contributed by atoms with E-state index < -0.39 is 0 Å². The van der Waals surface area contributed by atoms with E-state index in [0.29, 0.717) is 12.1 Å². The van der Waals surface area contributed by atoms with E-state index in [1.165, 1.54) is 56.4 Å². The van der Waals surface area contributed by atoms with Crippen LogP contribution in [0.3, 0.4) is 0 Å². The molecule has 1 aromatic carbocycles. The van der Waals surface area contributed by atoms with Crippen LogP contribution in [-0.2, 0) is 6.42 Å². The molecular formula is C18H30N2. The average Bonchev–Trinajstić information content (AvgIpc) is 2.49. The Balaban J connectivity index is 1.83. The lowest BCUT2D eigenvalue weighted by Gasteiger charge is -2.33. The first kappa shape index (κ1) is 15.5. The molecule has 1 aliphatic heterocycles. The summed E-state index contributed by atoms with van der Waals surface area (Å²) in [6.45, 7) is 10.5. The predicted molar refractivity (Wildman–Crippen MR) is 87.1 cm³/mol. The van der Waals surface area contributed by atoms with Crippen molar-refractivity contribution in [2.75, 3.05) is 19.6 Å². The third kappa shape index (κ3) is 4.32. The minimum Gasteiger partial charge on any atom is -0.307 e. The van der Waals surface area contributed by atoms with Crippen molar-refractivity contribution in [3.05, 3.63) is 35.4 Å². The van der Waals surface area contributed by atoms with Crippen molar-refractivity contribution in [2.45, 2.75) is 58.5 Å². The van der Waals surface area contributed by atoms with Crippen molar-refractivity contribution in [3.8, 4) is 0 Å². The van der Waals surface area contributed by atoms with Gasteiger partial charge >= 0.3 is 0 Å². The summed E-state index contributed by atoms with van der Waals surface area (Å²) in [6.07, 6.45) is 4.99. The molecule has 0 radical (unpaired) electrons. The van der Waals surface area contributed by atoms with Gasteiger partial charge in [0.25, 0.3) is 0 Å². The van der Waals surface area contributed by atoms with Crippen molar-refractivity contribution in [3.63, 3.8) is 0 Å². The molecule has 1 aromatic rings. The van der Waals surface area contributed by atoms with Gasteiger partial charge in [-0.15, -0.1) is 0 Å². The number of nitrogens with one attached hydrogen (secondary N) is 1. The lowest BCUT2D eigenvalue weighted by Crippen LogP contribution is -2.43. The molecule has 112 valence electrons. The van der Waals surface area contributed by atoms with Gasteiger partial charge in [0.1, 0.15) is 0 Å². The van der Waals surface area contributed by atoms with Gasteiger partial charge in [0.2, 0.25) is 0 Å². The van der Waals surface area contributed by atoms with E-state index >= 15 is 0 Å². The number of piperidine rings is 1. The van der Waals surface area contributed by atoms with Gasteiger partial charge in [-0.1, -0.05) is 44.5 Å². The first-order chi connectivity index (χ1) is 9.72. The number of nitrogens with zero attached hydrogens (tertiary/aromatic N) is 1. The van der Waals surface area contributed by atoms with Gasteiger partial charge in [0.15, 0.2) is 0 Å². The number of rotatable bonds is 6. The highest BCUT2D eigenvalue weighted by Gasteiger charge is 2.19. The Bertz CT molecular complexity index is 377. The van der Waals surface area contributed by atoms with E-state index in [-0.39, 0.29) is 0 Å². The van der Waals surface area contributed by atoms with Crippen molar-refractivity contribution in [1.82, 2.24) is 10.2 Å². The van der Waals surface area contributed by atoms with Crippen LogP contribution in [0.1, 0.15) is 57.2 Å². The van der Waals surface area contributed by atoms with Crippen molar-refractivity contribution in [1.29, 1.82) is 0 Å². The van der Waals surface area contributed by atoms with Gasteiger partial charge in [0, 0.05) is 12.1 Å². The van der Waals surface area contributed by atoms with Crippen LogP contribution in [0.4, 0.5) is 0 Å². The first-order valence-electron chi connectivity index (χ1n) is 8.30. The van der Waals surface area contributed by atoms with Gasteiger partial charge in [-0.3, -0.25) is 0 Å². The van der Waals surface area contributed by atoms with Crippen molar-refractivity contribution in [2.24, 2.45) is 0 Å². The monoisotopic (exact) mass is 274 g/mol. The predicted octanol–water partition coefficient (Wildman–Crippen LogP) is 3.77. The van der Waals surface area contributed by atoms with E-state index in [1.807, 2.05) is 0 Å². The zero-order valence-corrected chi connectivity index (χ0v) is 13.4. The highest BCUT2D eigenvalue weighted by Crippen LogP contribution is 2.18. The smallest absolute Gasteiger partial charge is 0.0294 e. The SMILES string of the molecule is CCCc1ccc(C(C)NC2CCN(CC)CC2)cc1. The Morgan fingerprint density at radius 2 is 1.80 bits per heavy atom. The molecule has 0 amide bonds. The second-order valence-corrected chi connectivity index (χ2v) is 6.09. The maximum Gasteiger partial charge on any atom is 0.0294 e. The number of hydrogen-bond donors (Lipinski definition) is 1. The molecule has 2 rings (SSSR count). The number of likely N-dealkylation sites (tertiary alicyclic amines) is 1. The maximum atomic E-state index is 3.80. The molecule has 0 aromatic heterocycles. The molecule has 0 saturated carbocycles. The Morgan fingerprint density at radius 1 is 1.15 bits per heavy atom. The Labute approximate surface area is 124 Å². The van der Waals surface area contributed by atoms with E-state index in [4.69, 9.17) is 0 Å². The number of benzene rings is 1. The molecule has 0 bridgehead atoms. The van der Waals surface area contributed by atoms with E-state index in [9.17, 15) is 0 Å². The molecule has 20 heavy (non-hydrogen) atoms. The highest BCUT2D eigenvalue weighted by atomic mass is 15.1. The molecule has 0 spiro atoms. The molecule has 1 atom stereocenters. The second kappa shape index (κ2) is 7.80. The number of aryl methyl sites for hydroxylation is 1. The van der Waals surface area contributed by atoms with Crippen LogP contribution < -0.4 is 5.32 Å². The Morgan fingerprint density at radius 3 is 2.35 bits per heavy atom. The van der Waals surface area contributed by atoms with Crippen LogP contribution >= 0.6 is 0 Å².